The van der Waals surface area contributed by atoms with E-state index < -0.39 is 17.5 Å². The van der Waals surface area contributed by atoms with E-state index in [0.717, 1.165) is 17.7 Å². The first-order chi connectivity index (χ1) is 14.9. The number of nitrogens with zero attached hydrogens (tertiary/aromatic N) is 2. The summed E-state index contributed by atoms with van der Waals surface area (Å²) in [4.78, 5) is 42.8. The molecule has 0 bridgehead atoms. The third kappa shape index (κ3) is 4.07. The number of carbonyl (C=O) groups is 3. The third-order valence-electron chi connectivity index (χ3n) is 6.23. The first kappa shape index (κ1) is 22.5. The van der Waals surface area contributed by atoms with Gasteiger partial charge in [-0.2, -0.15) is 0 Å². The molecule has 0 saturated carbocycles. The van der Waals surface area contributed by atoms with Crippen LogP contribution >= 0.6 is 0 Å². The summed E-state index contributed by atoms with van der Waals surface area (Å²) in [6, 6.07) is 17.8. The number of nitrogens with one attached hydrogen (secondary N) is 1. The topological polar surface area (TPSA) is 69.7 Å². The molecule has 1 aliphatic heterocycles. The van der Waals surface area contributed by atoms with E-state index in [9.17, 15) is 14.4 Å². The molecule has 0 aliphatic carbocycles. The molecule has 6 heteroatoms. The molecule has 2 aromatic rings. The fourth-order valence-electron chi connectivity index (χ4n) is 4.19. The fourth-order valence-corrected chi connectivity index (χ4v) is 4.19. The lowest BCUT2D eigenvalue weighted by Crippen LogP contribution is -2.50. The number of hydrogen-bond donors (Lipinski definition) is 1. The van der Waals surface area contributed by atoms with Crippen LogP contribution in [0.5, 0.6) is 0 Å². The highest BCUT2D eigenvalue weighted by molar-refractivity contribution is 6.11. The summed E-state index contributed by atoms with van der Waals surface area (Å²) < 4.78 is 0. The monoisotopic (exact) mass is 421 g/mol. The summed E-state index contributed by atoms with van der Waals surface area (Å²) in [5.41, 5.74) is -0.0253. The molecular weight excluding hydrogens is 390 g/mol. The van der Waals surface area contributed by atoms with Crippen LogP contribution in [0.1, 0.15) is 51.7 Å². The zero-order valence-electron chi connectivity index (χ0n) is 18.7. The van der Waals surface area contributed by atoms with Gasteiger partial charge in [-0.05, 0) is 37.8 Å². The first-order valence-electron chi connectivity index (χ1n) is 10.9. The number of carbonyl (C=O) groups excluding carboxylic acids is 3. The van der Waals surface area contributed by atoms with Crippen molar-refractivity contribution in [1.82, 2.24) is 15.1 Å². The van der Waals surface area contributed by atoms with Crippen LogP contribution in [0.3, 0.4) is 0 Å². The van der Waals surface area contributed by atoms with Crippen LogP contribution in [-0.2, 0) is 15.1 Å². The van der Waals surface area contributed by atoms with E-state index >= 15 is 0 Å². The minimum Gasteiger partial charge on any atom is -0.336 e. The number of amides is 4. The molecule has 3 rings (SSSR count). The molecule has 0 radical (unpaired) electrons. The van der Waals surface area contributed by atoms with Gasteiger partial charge in [0.05, 0.1) is 0 Å². The number of urea groups is 1. The van der Waals surface area contributed by atoms with Crippen LogP contribution in [0.4, 0.5) is 4.79 Å². The van der Waals surface area contributed by atoms with E-state index in [1.54, 1.807) is 4.90 Å². The maximum atomic E-state index is 13.7. The van der Waals surface area contributed by atoms with Crippen molar-refractivity contribution >= 4 is 17.8 Å². The second-order valence-electron chi connectivity index (χ2n) is 8.12. The zero-order chi connectivity index (χ0) is 22.6. The maximum absolute atomic E-state index is 13.7. The summed E-state index contributed by atoms with van der Waals surface area (Å²) >= 11 is 0. The Bertz CT molecular complexity index is 880. The number of benzene rings is 2. The highest BCUT2D eigenvalue weighted by Crippen LogP contribution is 2.36. The molecule has 0 unspecified atom stereocenters. The van der Waals surface area contributed by atoms with Gasteiger partial charge in [-0.1, -0.05) is 74.5 Å². The second kappa shape index (κ2) is 9.33. The Hall–Kier alpha value is -3.15. The molecule has 164 valence electrons. The first-order valence-corrected chi connectivity index (χ1v) is 10.9. The Balaban J connectivity index is 1.98. The van der Waals surface area contributed by atoms with Crippen LogP contribution in [0.15, 0.2) is 60.7 Å². The highest BCUT2D eigenvalue weighted by Gasteiger charge is 2.54. The Morgan fingerprint density at radius 2 is 1.35 bits per heavy atom. The largest absolute Gasteiger partial charge is 0.336 e. The number of imide groups is 1. The minimum atomic E-state index is -1.35. The second-order valence-corrected chi connectivity index (χ2v) is 8.12. The SMILES string of the molecule is CC[C@H](C)N(C(=O)CN1C(=O)NC(c2ccccc2)(c2ccccc2)C1=O)[C@@H](C)CC. The van der Waals surface area contributed by atoms with Crippen molar-refractivity contribution in [3.05, 3.63) is 71.8 Å². The van der Waals surface area contributed by atoms with Crippen LogP contribution in [0.2, 0.25) is 0 Å². The highest BCUT2D eigenvalue weighted by atomic mass is 16.2. The molecule has 4 amide bonds. The van der Waals surface area contributed by atoms with Crippen molar-refractivity contribution in [2.75, 3.05) is 6.54 Å². The molecule has 0 aromatic heterocycles. The van der Waals surface area contributed by atoms with Crippen molar-refractivity contribution in [2.45, 2.75) is 58.2 Å². The Morgan fingerprint density at radius 3 is 1.77 bits per heavy atom. The molecule has 0 spiro atoms. The van der Waals surface area contributed by atoms with Gasteiger partial charge in [-0.25, -0.2) is 4.79 Å². The lowest BCUT2D eigenvalue weighted by atomic mass is 9.82. The molecule has 31 heavy (non-hydrogen) atoms. The zero-order valence-corrected chi connectivity index (χ0v) is 18.7. The van der Waals surface area contributed by atoms with Gasteiger partial charge >= 0.3 is 6.03 Å². The summed E-state index contributed by atoms with van der Waals surface area (Å²) in [6.45, 7) is 7.76. The summed E-state index contributed by atoms with van der Waals surface area (Å²) in [6.07, 6.45) is 1.60. The Morgan fingerprint density at radius 1 is 0.903 bits per heavy atom. The molecule has 2 atom stereocenters. The van der Waals surface area contributed by atoms with Crippen LogP contribution in [0, 0.1) is 0 Å². The molecule has 1 saturated heterocycles. The van der Waals surface area contributed by atoms with E-state index in [4.69, 9.17) is 0 Å². The predicted molar refractivity (Wildman–Crippen MR) is 120 cm³/mol. The summed E-state index contributed by atoms with van der Waals surface area (Å²) in [5, 5.41) is 2.90. The molecular formula is C25H31N3O3. The fraction of sp³-hybridized carbons (Fsp3) is 0.400. The Kier molecular flexibility index (Phi) is 6.78. The van der Waals surface area contributed by atoms with Gasteiger partial charge in [0.15, 0.2) is 5.54 Å². The van der Waals surface area contributed by atoms with Gasteiger partial charge in [0.2, 0.25) is 5.91 Å². The average molecular weight is 422 g/mol. The standard InChI is InChI=1S/C25H31N3O3/c1-5-18(3)28(19(4)6-2)22(29)17-27-23(30)25(26-24(27)31,20-13-9-7-10-14-20)21-15-11-8-12-16-21/h7-16,18-19H,5-6,17H2,1-4H3,(H,26,31)/t18-,19-/m0/s1. The summed E-state index contributed by atoms with van der Waals surface area (Å²) in [7, 11) is 0. The molecule has 1 aliphatic rings. The lowest BCUT2D eigenvalue weighted by Gasteiger charge is -2.35. The minimum absolute atomic E-state index is 0.0243. The van der Waals surface area contributed by atoms with Crippen LogP contribution in [-0.4, -0.2) is 46.3 Å². The molecule has 2 aromatic carbocycles. The Labute approximate surface area is 184 Å². The van der Waals surface area contributed by atoms with Crippen molar-refractivity contribution < 1.29 is 14.4 Å². The van der Waals surface area contributed by atoms with E-state index in [2.05, 4.69) is 5.32 Å². The molecule has 1 N–H and O–H groups in total. The average Bonchev–Trinajstić information content (AvgIpc) is 3.05. The van der Waals surface area contributed by atoms with Crippen molar-refractivity contribution in [3.8, 4) is 0 Å². The van der Waals surface area contributed by atoms with Crippen molar-refractivity contribution in [1.29, 1.82) is 0 Å². The van der Waals surface area contributed by atoms with Gasteiger partial charge in [-0.3, -0.25) is 14.5 Å². The third-order valence-corrected chi connectivity index (χ3v) is 6.23. The van der Waals surface area contributed by atoms with Gasteiger partial charge in [-0.15, -0.1) is 0 Å². The predicted octanol–water partition coefficient (Wildman–Crippen LogP) is 3.91. The van der Waals surface area contributed by atoms with Crippen molar-refractivity contribution in [3.63, 3.8) is 0 Å². The molecule has 1 heterocycles. The summed E-state index contributed by atoms with van der Waals surface area (Å²) in [5.74, 6) is -0.652. The maximum Gasteiger partial charge on any atom is 0.326 e. The number of hydrogen-bond acceptors (Lipinski definition) is 3. The normalized spacial score (nSPS) is 17.2. The van der Waals surface area contributed by atoms with E-state index in [-0.39, 0.29) is 24.5 Å². The lowest BCUT2D eigenvalue weighted by molar-refractivity contribution is -0.141. The molecule has 6 nitrogen and oxygen atoms in total. The van der Waals surface area contributed by atoms with Crippen LogP contribution < -0.4 is 5.32 Å². The van der Waals surface area contributed by atoms with E-state index in [1.807, 2.05) is 88.4 Å². The molecule has 1 fully saturated rings. The van der Waals surface area contributed by atoms with Gasteiger partial charge in [0.1, 0.15) is 6.54 Å². The smallest absolute Gasteiger partial charge is 0.326 e. The van der Waals surface area contributed by atoms with E-state index in [1.165, 1.54) is 0 Å². The van der Waals surface area contributed by atoms with Crippen molar-refractivity contribution in [2.24, 2.45) is 0 Å². The van der Waals surface area contributed by atoms with Crippen LogP contribution in [0.25, 0.3) is 0 Å². The quantitative estimate of drug-likeness (QED) is 0.657. The van der Waals surface area contributed by atoms with Gasteiger partial charge in [0.25, 0.3) is 5.91 Å². The number of rotatable bonds is 8. The van der Waals surface area contributed by atoms with Gasteiger partial charge in [0, 0.05) is 12.1 Å². The van der Waals surface area contributed by atoms with Gasteiger partial charge < -0.3 is 10.2 Å². The van der Waals surface area contributed by atoms with E-state index in [0.29, 0.717) is 11.1 Å².